The van der Waals surface area contributed by atoms with Gasteiger partial charge in [0.25, 0.3) is 0 Å². The van der Waals surface area contributed by atoms with E-state index in [2.05, 4.69) is 15.9 Å². The van der Waals surface area contributed by atoms with Crippen LogP contribution >= 0.6 is 15.9 Å². The molecule has 1 aromatic carbocycles. The van der Waals surface area contributed by atoms with Crippen molar-refractivity contribution in [2.24, 2.45) is 5.73 Å². The van der Waals surface area contributed by atoms with Crippen LogP contribution in [0.4, 0.5) is 0 Å². The van der Waals surface area contributed by atoms with Crippen LogP contribution in [0.15, 0.2) is 27.6 Å². The van der Waals surface area contributed by atoms with Gasteiger partial charge in [-0.2, -0.15) is 4.31 Å². The number of nitrogens with zero attached hydrogens (tertiary/aromatic N) is 1. The Bertz CT molecular complexity index is 503. The van der Waals surface area contributed by atoms with E-state index < -0.39 is 10.0 Å². The van der Waals surface area contributed by atoms with E-state index in [0.717, 1.165) is 12.0 Å². The number of nitrogens with two attached hydrogens (primary N) is 1. The number of halogens is 1. The summed E-state index contributed by atoms with van der Waals surface area (Å²) in [6, 6.07) is 5.19. The van der Waals surface area contributed by atoms with Crippen molar-refractivity contribution in [1.82, 2.24) is 4.31 Å². The standard InChI is InChI=1S/C12H19BrN2O2S/c1-3-7-15(4-2)18(16,17)12-8-10(9-14)5-6-11(12)13/h5-6,8H,3-4,7,9,14H2,1-2H3. The van der Waals surface area contributed by atoms with Crippen molar-refractivity contribution in [3.05, 3.63) is 28.2 Å². The van der Waals surface area contributed by atoms with E-state index in [4.69, 9.17) is 5.73 Å². The Balaban J connectivity index is 3.26. The second kappa shape index (κ2) is 6.65. The summed E-state index contributed by atoms with van der Waals surface area (Å²) in [7, 11) is -3.45. The van der Waals surface area contributed by atoms with Crippen LogP contribution in [0.2, 0.25) is 0 Å². The Morgan fingerprint density at radius 3 is 2.50 bits per heavy atom. The fourth-order valence-corrected chi connectivity index (χ4v) is 4.23. The van der Waals surface area contributed by atoms with E-state index in [1.165, 1.54) is 4.31 Å². The molecule has 6 heteroatoms. The summed E-state index contributed by atoms with van der Waals surface area (Å²) >= 11 is 3.30. The molecule has 0 amide bonds. The van der Waals surface area contributed by atoms with Crippen LogP contribution < -0.4 is 5.73 Å². The van der Waals surface area contributed by atoms with Crippen LogP contribution in [-0.2, 0) is 16.6 Å². The average molecular weight is 335 g/mol. The molecule has 18 heavy (non-hydrogen) atoms. The predicted molar refractivity (Wildman–Crippen MR) is 76.8 cm³/mol. The second-order valence-corrected chi connectivity index (χ2v) is 6.73. The third-order valence-electron chi connectivity index (χ3n) is 2.67. The molecule has 0 atom stereocenters. The van der Waals surface area contributed by atoms with Gasteiger partial charge in [-0.25, -0.2) is 8.42 Å². The number of sulfonamides is 1. The number of benzene rings is 1. The smallest absolute Gasteiger partial charge is 0.244 e. The van der Waals surface area contributed by atoms with Gasteiger partial charge >= 0.3 is 0 Å². The largest absolute Gasteiger partial charge is 0.326 e. The molecule has 0 spiro atoms. The molecule has 0 aromatic heterocycles. The first-order chi connectivity index (χ1) is 8.47. The zero-order chi connectivity index (χ0) is 13.8. The summed E-state index contributed by atoms with van der Waals surface area (Å²) in [6.45, 7) is 5.13. The van der Waals surface area contributed by atoms with E-state index in [0.29, 0.717) is 29.0 Å². The SMILES string of the molecule is CCCN(CC)S(=O)(=O)c1cc(CN)ccc1Br. The lowest BCUT2D eigenvalue weighted by atomic mass is 10.2. The molecule has 0 saturated heterocycles. The van der Waals surface area contributed by atoms with Crippen LogP contribution in [0, 0.1) is 0 Å². The molecule has 0 aliphatic carbocycles. The molecule has 0 radical (unpaired) electrons. The Hall–Kier alpha value is -0.430. The van der Waals surface area contributed by atoms with Gasteiger partial charge in [0, 0.05) is 24.1 Å². The van der Waals surface area contributed by atoms with Crippen molar-refractivity contribution in [3.8, 4) is 0 Å². The summed E-state index contributed by atoms with van der Waals surface area (Å²) in [5, 5.41) is 0. The molecule has 0 saturated carbocycles. The van der Waals surface area contributed by atoms with Crippen LogP contribution in [0.5, 0.6) is 0 Å². The van der Waals surface area contributed by atoms with E-state index in [1.807, 2.05) is 19.9 Å². The number of rotatable bonds is 6. The van der Waals surface area contributed by atoms with Gasteiger partial charge in [-0.3, -0.25) is 0 Å². The summed E-state index contributed by atoms with van der Waals surface area (Å²) in [5.41, 5.74) is 6.37. The van der Waals surface area contributed by atoms with Gasteiger partial charge in [0.15, 0.2) is 0 Å². The van der Waals surface area contributed by atoms with E-state index in [-0.39, 0.29) is 0 Å². The van der Waals surface area contributed by atoms with Gasteiger partial charge in [0.2, 0.25) is 10.0 Å². The maximum Gasteiger partial charge on any atom is 0.244 e. The van der Waals surface area contributed by atoms with E-state index in [9.17, 15) is 8.42 Å². The molecule has 0 aliphatic rings. The molecular formula is C12H19BrN2O2S. The highest BCUT2D eigenvalue weighted by Gasteiger charge is 2.24. The Morgan fingerprint density at radius 1 is 1.33 bits per heavy atom. The molecule has 0 heterocycles. The minimum absolute atomic E-state index is 0.292. The molecule has 2 N–H and O–H groups in total. The molecule has 1 rings (SSSR count). The van der Waals surface area contributed by atoms with Crippen molar-refractivity contribution in [2.75, 3.05) is 13.1 Å². The zero-order valence-corrected chi connectivity index (χ0v) is 13.1. The maximum atomic E-state index is 12.5. The third-order valence-corrected chi connectivity index (χ3v) is 5.64. The molecule has 4 nitrogen and oxygen atoms in total. The van der Waals surface area contributed by atoms with Gasteiger partial charge < -0.3 is 5.73 Å². The van der Waals surface area contributed by atoms with Gasteiger partial charge in [-0.15, -0.1) is 0 Å². The molecule has 1 aromatic rings. The minimum atomic E-state index is -3.45. The van der Waals surface area contributed by atoms with Crippen LogP contribution in [0.1, 0.15) is 25.8 Å². The first-order valence-electron chi connectivity index (χ1n) is 5.96. The first-order valence-corrected chi connectivity index (χ1v) is 8.19. The topological polar surface area (TPSA) is 63.4 Å². The Morgan fingerprint density at radius 2 is 2.00 bits per heavy atom. The van der Waals surface area contributed by atoms with Gasteiger partial charge in [-0.05, 0) is 40.0 Å². The summed E-state index contributed by atoms with van der Waals surface area (Å²) < 4.78 is 27.1. The van der Waals surface area contributed by atoms with Gasteiger partial charge in [0.05, 0.1) is 4.90 Å². The minimum Gasteiger partial charge on any atom is -0.326 e. The quantitative estimate of drug-likeness (QED) is 0.868. The van der Waals surface area contributed by atoms with E-state index in [1.54, 1.807) is 12.1 Å². The molecular weight excluding hydrogens is 316 g/mol. The number of hydrogen-bond donors (Lipinski definition) is 1. The molecule has 0 bridgehead atoms. The lowest BCUT2D eigenvalue weighted by molar-refractivity contribution is 0.427. The van der Waals surface area contributed by atoms with Gasteiger partial charge in [0.1, 0.15) is 0 Å². The van der Waals surface area contributed by atoms with E-state index >= 15 is 0 Å². The fourth-order valence-electron chi connectivity index (χ4n) is 1.71. The monoisotopic (exact) mass is 334 g/mol. The van der Waals surface area contributed by atoms with Gasteiger partial charge in [-0.1, -0.05) is 19.9 Å². The first kappa shape index (κ1) is 15.6. The Kier molecular flexibility index (Phi) is 5.78. The second-order valence-electron chi connectivity index (χ2n) is 3.97. The van der Waals surface area contributed by atoms with Crippen molar-refractivity contribution >= 4 is 26.0 Å². The maximum absolute atomic E-state index is 12.5. The number of hydrogen-bond acceptors (Lipinski definition) is 3. The lowest BCUT2D eigenvalue weighted by Gasteiger charge is -2.20. The van der Waals surface area contributed by atoms with Crippen LogP contribution in [0.3, 0.4) is 0 Å². The highest BCUT2D eigenvalue weighted by molar-refractivity contribution is 9.10. The van der Waals surface area contributed by atoms with Crippen LogP contribution in [-0.4, -0.2) is 25.8 Å². The van der Waals surface area contributed by atoms with Crippen molar-refractivity contribution in [3.63, 3.8) is 0 Å². The summed E-state index contributed by atoms with van der Waals surface area (Å²) in [5.74, 6) is 0. The zero-order valence-electron chi connectivity index (χ0n) is 10.7. The van der Waals surface area contributed by atoms with Crippen molar-refractivity contribution < 1.29 is 8.42 Å². The molecule has 0 fully saturated rings. The van der Waals surface area contributed by atoms with Crippen molar-refractivity contribution in [2.45, 2.75) is 31.7 Å². The predicted octanol–water partition coefficient (Wildman–Crippen LogP) is 2.33. The highest BCUT2D eigenvalue weighted by atomic mass is 79.9. The normalized spacial score (nSPS) is 12.1. The molecule has 102 valence electrons. The molecule has 0 unspecified atom stereocenters. The summed E-state index contributed by atoms with van der Waals surface area (Å²) in [6.07, 6.45) is 0.793. The highest BCUT2D eigenvalue weighted by Crippen LogP contribution is 2.26. The summed E-state index contributed by atoms with van der Waals surface area (Å²) in [4.78, 5) is 0.292. The third kappa shape index (κ3) is 3.32. The van der Waals surface area contributed by atoms with Crippen molar-refractivity contribution in [1.29, 1.82) is 0 Å². The molecule has 0 aliphatic heterocycles. The van der Waals surface area contributed by atoms with Crippen LogP contribution in [0.25, 0.3) is 0 Å². The average Bonchev–Trinajstić information content (AvgIpc) is 2.36. The fraction of sp³-hybridized carbons (Fsp3) is 0.500. The Labute approximate surface area is 117 Å². The lowest BCUT2D eigenvalue weighted by Crippen LogP contribution is -2.32.